The maximum atomic E-state index is 11.8. The van der Waals surface area contributed by atoms with E-state index in [0.717, 1.165) is 10.6 Å². The third-order valence-electron chi connectivity index (χ3n) is 2.24. The maximum Gasteiger partial charge on any atom is 0.253 e. The zero-order valence-electron chi connectivity index (χ0n) is 9.11. The number of hydrogen-bond donors (Lipinski definition) is 1. The number of pyridine rings is 1. The minimum Gasteiger partial charge on any atom is -0.347 e. The summed E-state index contributed by atoms with van der Waals surface area (Å²) in [4.78, 5) is 20.8. The molecule has 0 radical (unpaired) electrons. The molecule has 0 aromatic carbocycles. The second kappa shape index (κ2) is 5.25. The van der Waals surface area contributed by atoms with E-state index in [0.29, 0.717) is 17.3 Å². The van der Waals surface area contributed by atoms with Crippen LogP contribution >= 0.6 is 22.9 Å². The van der Waals surface area contributed by atoms with Gasteiger partial charge in [-0.2, -0.15) is 0 Å². The van der Waals surface area contributed by atoms with Crippen LogP contribution in [0.2, 0.25) is 5.15 Å². The lowest BCUT2D eigenvalue weighted by atomic mass is 10.2. The van der Waals surface area contributed by atoms with Crippen LogP contribution in [0.5, 0.6) is 0 Å². The number of halogens is 1. The molecule has 0 aliphatic heterocycles. The molecule has 2 rings (SSSR count). The van der Waals surface area contributed by atoms with Gasteiger partial charge in [0.2, 0.25) is 0 Å². The van der Waals surface area contributed by atoms with Crippen LogP contribution in [0.4, 0.5) is 0 Å². The lowest BCUT2D eigenvalue weighted by molar-refractivity contribution is 0.0951. The second-order valence-electron chi connectivity index (χ2n) is 3.41. The molecule has 0 aliphatic carbocycles. The molecule has 0 saturated carbocycles. The number of aryl methyl sites for hydroxylation is 1. The van der Waals surface area contributed by atoms with Gasteiger partial charge < -0.3 is 5.32 Å². The van der Waals surface area contributed by atoms with Gasteiger partial charge in [-0.3, -0.25) is 4.79 Å². The topological polar surface area (TPSA) is 54.9 Å². The molecular formula is C11H10ClN3OS. The summed E-state index contributed by atoms with van der Waals surface area (Å²) < 4.78 is 0. The van der Waals surface area contributed by atoms with Gasteiger partial charge in [-0.1, -0.05) is 11.6 Å². The Hall–Kier alpha value is -1.46. The molecule has 0 atom stereocenters. The summed E-state index contributed by atoms with van der Waals surface area (Å²) in [6.07, 6.45) is 1.46. The highest BCUT2D eigenvalue weighted by Gasteiger charge is 2.07. The molecule has 4 nitrogen and oxygen atoms in total. The van der Waals surface area contributed by atoms with Gasteiger partial charge in [0.05, 0.1) is 23.3 Å². The van der Waals surface area contributed by atoms with Gasteiger partial charge in [0.1, 0.15) is 5.15 Å². The molecule has 17 heavy (non-hydrogen) atoms. The molecule has 0 saturated heterocycles. The lowest BCUT2D eigenvalue weighted by Crippen LogP contribution is -2.22. The fraction of sp³-hybridized carbons (Fsp3) is 0.182. The Labute approximate surface area is 108 Å². The van der Waals surface area contributed by atoms with Gasteiger partial charge in [-0.05, 0) is 19.1 Å². The Morgan fingerprint density at radius 2 is 2.29 bits per heavy atom. The lowest BCUT2D eigenvalue weighted by Gasteiger charge is -2.03. The standard InChI is InChI=1S/C11H10ClN3OS/c1-7-9(17-6-15-7)5-14-11(16)8-2-3-10(12)13-4-8/h2-4,6H,5H2,1H3,(H,14,16). The summed E-state index contributed by atoms with van der Waals surface area (Å²) in [5, 5.41) is 3.18. The number of nitrogens with zero attached hydrogens (tertiary/aromatic N) is 2. The number of nitrogens with one attached hydrogen (secondary N) is 1. The summed E-state index contributed by atoms with van der Waals surface area (Å²) >= 11 is 7.17. The summed E-state index contributed by atoms with van der Waals surface area (Å²) in [5.41, 5.74) is 3.21. The van der Waals surface area contributed by atoms with Crippen molar-refractivity contribution in [1.82, 2.24) is 15.3 Å². The average molecular weight is 268 g/mol. The van der Waals surface area contributed by atoms with Gasteiger partial charge in [-0.25, -0.2) is 9.97 Å². The van der Waals surface area contributed by atoms with Crippen LogP contribution in [-0.2, 0) is 6.54 Å². The highest BCUT2D eigenvalue weighted by molar-refractivity contribution is 7.09. The van der Waals surface area contributed by atoms with Crippen molar-refractivity contribution in [2.24, 2.45) is 0 Å². The minimum atomic E-state index is -0.165. The monoisotopic (exact) mass is 267 g/mol. The van der Waals surface area contributed by atoms with E-state index >= 15 is 0 Å². The summed E-state index contributed by atoms with van der Waals surface area (Å²) in [6, 6.07) is 3.23. The van der Waals surface area contributed by atoms with E-state index in [4.69, 9.17) is 11.6 Å². The van der Waals surface area contributed by atoms with Crippen LogP contribution in [0.3, 0.4) is 0 Å². The minimum absolute atomic E-state index is 0.165. The van der Waals surface area contributed by atoms with E-state index in [-0.39, 0.29) is 5.91 Å². The first-order chi connectivity index (χ1) is 8.16. The molecule has 0 fully saturated rings. The first kappa shape index (κ1) is 12.0. The Bertz CT molecular complexity index is 524. The molecular weight excluding hydrogens is 258 g/mol. The van der Waals surface area contributed by atoms with Gasteiger partial charge in [-0.15, -0.1) is 11.3 Å². The second-order valence-corrected chi connectivity index (χ2v) is 4.74. The van der Waals surface area contributed by atoms with Crippen molar-refractivity contribution >= 4 is 28.8 Å². The van der Waals surface area contributed by atoms with Crippen LogP contribution in [0, 0.1) is 6.92 Å². The highest BCUT2D eigenvalue weighted by Crippen LogP contribution is 2.12. The number of carbonyl (C=O) groups excluding carboxylic acids is 1. The maximum absolute atomic E-state index is 11.8. The van der Waals surface area contributed by atoms with Gasteiger partial charge in [0, 0.05) is 11.1 Å². The SMILES string of the molecule is Cc1ncsc1CNC(=O)c1ccc(Cl)nc1. The first-order valence-electron chi connectivity index (χ1n) is 4.95. The van der Waals surface area contributed by atoms with Gasteiger partial charge >= 0.3 is 0 Å². The van der Waals surface area contributed by atoms with Crippen molar-refractivity contribution < 1.29 is 4.79 Å². The third kappa shape index (κ3) is 3.01. The smallest absolute Gasteiger partial charge is 0.253 e. The number of aromatic nitrogens is 2. The fourth-order valence-corrected chi connectivity index (χ4v) is 2.10. The first-order valence-corrected chi connectivity index (χ1v) is 6.21. The van der Waals surface area contributed by atoms with Crippen molar-refractivity contribution in [2.45, 2.75) is 13.5 Å². The zero-order chi connectivity index (χ0) is 12.3. The van der Waals surface area contributed by atoms with E-state index in [2.05, 4.69) is 15.3 Å². The Morgan fingerprint density at radius 1 is 1.47 bits per heavy atom. The van der Waals surface area contributed by atoms with Crippen molar-refractivity contribution in [3.8, 4) is 0 Å². The van der Waals surface area contributed by atoms with Crippen LogP contribution in [0.15, 0.2) is 23.8 Å². The van der Waals surface area contributed by atoms with Crippen LogP contribution in [0.25, 0.3) is 0 Å². The predicted molar refractivity (Wildman–Crippen MR) is 67.3 cm³/mol. The Kier molecular flexibility index (Phi) is 3.71. The average Bonchev–Trinajstić information content (AvgIpc) is 2.73. The number of carbonyl (C=O) groups is 1. The van der Waals surface area contributed by atoms with E-state index in [1.165, 1.54) is 17.5 Å². The molecule has 0 spiro atoms. The largest absolute Gasteiger partial charge is 0.347 e. The van der Waals surface area contributed by atoms with Crippen molar-refractivity contribution in [2.75, 3.05) is 0 Å². The number of thiazole rings is 1. The number of rotatable bonds is 3. The molecule has 1 N–H and O–H groups in total. The molecule has 0 aliphatic rings. The Morgan fingerprint density at radius 3 is 2.88 bits per heavy atom. The molecule has 2 aromatic rings. The molecule has 1 amide bonds. The normalized spacial score (nSPS) is 10.2. The Balaban J connectivity index is 1.98. The van der Waals surface area contributed by atoms with Crippen LogP contribution in [0.1, 0.15) is 20.9 Å². The quantitative estimate of drug-likeness (QED) is 0.869. The predicted octanol–water partition coefficient (Wildman–Crippen LogP) is 2.43. The van der Waals surface area contributed by atoms with Gasteiger partial charge in [0.15, 0.2) is 0 Å². The van der Waals surface area contributed by atoms with Crippen molar-refractivity contribution in [3.05, 3.63) is 45.1 Å². The van der Waals surface area contributed by atoms with Crippen molar-refractivity contribution in [1.29, 1.82) is 0 Å². The summed E-state index contributed by atoms with van der Waals surface area (Å²) in [5.74, 6) is -0.165. The molecule has 2 aromatic heterocycles. The highest BCUT2D eigenvalue weighted by atomic mass is 35.5. The van der Waals surface area contributed by atoms with Gasteiger partial charge in [0.25, 0.3) is 5.91 Å². The summed E-state index contributed by atoms with van der Waals surface area (Å²) in [6.45, 7) is 2.40. The third-order valence-corrected chi connectivity index (χ3v) is 3.40. The van der Waals surface area contributed by atoms with Crippen LogP contribution in [-0.4, -0.2) is 15.9 Å². The van der Waals surface area contributed by atoms with E-state index < -0.39 is 0 Å². The molecule has 88 valence electrons. The fourth-order valence-electron chi connectivity index (χ4n) is 1.27. The molecule has 2 heterocycles. The van der Waals surface area contributed by atoms with E-state index in [1.54, 1.807) is 17.6 Å². The van der Waals surface area contributed by atoms with E-state index in [9.17, 15) is 4.79 Å². The van der Waals surface area contributed by atoms with E-state index in [1.807, 2.05) is 6.92 Å². The number of hydrogen-bond acceptors (Lipinski definition) is 4. The summed E-state index contributed by atoms with van der Waals surface area (Å²) in [7, 11) is 0. The molecule has 0 unspecified atom stereocenters. The van der Waals surface area contributed by atoms with Crippen LogP contribution < -0.4 is 5.32 Å². The number of amides is 1. The zero-order valence-corrected chi connectivity index (χ0v) is 10.7. The van der Waals surface area contributed by atoms with Crippen molar-refractivity contribution in [3.63, 3.8) is 0 Å². The molecule has 0 bridgehead atoms. The molecule has 6 heteroatoms.